The molecule has 1 aromatic heterocycles. The van der Waals surface area contributed by atoms with Crippen LogP contribution in [0.3, 0.4) is 0 Å². The number of carbonyl (C=O) groups is 1. The van der Waals surface area contributed by atoms with Crippen molar-refractivity contribution in [3.05, 3.63) is 59.7 Å². The molecule has 2 rings (SSSR count). The van der Waals surface area contributed by atoms with Crippen LogP contribution >= 0.6 is 0 Å². The quantitative estimate of drug-likeness (QED) is 0.764. The van der Waals surface area contributed by atoms with E-state index in [1.807, 2.05) is 0 Å². The molecule has 1 heterocycles. The molecule has 0 fully saturated rings. The van der Waals surface area contributed by atoms with Crippen molar-refractivity contribution in [2.75, 3.05) is 0 Å². The zero-order valence-corrected chi connectivity index (χ0v) is 8.73. The van der Waals surface area contributed by atoms with Gasteiger partial charge >= 0.3 is 0 Å². The predicted octanol–water partition coefficient (Wildman–Crippen LogP) is 2.18. The van der Waals surface area contributed by atoms with Crippen LogP contribution in [0.2, 0.25) is 0 Å². The first-order chi connectivity index (χ1) is 8.16. The van der Waals surface area contributed by atoms with E-state index in [1.165, 1.54) is 12.4 Å². The van der Waals surface area contributed by atoms with E-state index in [0.29, 0.717) is 0 Å². The summed E-state index contributed by atoms with van der Waals surface area (Å²) < 4.78 is 26.2. The van der Waals surface area contributed by atoms with Crippen molar-refractivity contribution in [1.82, 2.24) is 9.97 Å². The fourth-order valence-corrected chi connectivity index (χ4v) is 1.37. The van der Waals surface area contributed by atoms with Crippen molar-refractivity contribution in [2.45, 2.75) is 6.42 Å². The molecule has 0 aliphatic heterocycles. The molecule has 17 heavy (non-hydrogen) atoms. The molecule has 0 saturated heterocycles. The van der Waals surface area contributed by atoms with Crippen LogP contribution in [-0.4, -0.2) is 15.8 Å². The lowest BCUT2D eigenvalue weighted by atomic mass is 10.1. The van der Waals surface area contributed by atoms with E-state index < -0.39 is 17.4 Å². The molecule has 0 spiro atoms. The molecule has 86 valence electrons. The summed E-state index contributed by atoms with van der Waals surface area (Å²) in [4.78, 5) is 19.2. The molecule has 0 aliphatic carbocycles. The van der Waals surface area contributed by atoms with Gasteiger partial charge in [-0.05, 0) is 29.8 Å². The molecule has 0 N–H and O–H groups in total. The van der Waals surface area contributed by atoms with Gasteiger partial charge in [0.2, 0.25) is 5.78 Å². The van der Waals surface area contributed by atoms with Gasteiger partial charge in [0.1, 0.15) is 11.6 Å². The summed E-state index contributed by atoms with van der Waals surface area (Å²) in [6.45, 7) is 0. The number of carbonyl (C=O) groups excluding carboxylic acids is 1. The Morgan fingerprint density at radius 3 is 2.59 bits per heavy atom. The number of rotatable bonds is 3. The predicted molar refractivity (Wildman–Crippen MR) is 56.4 cm³/mol. The summed E-state index contributed by atoms with van der Waals surface area (Å²) in [6, 6.07) is 4.56. The third kappa shape index (κ3) is 2.69. The van der Waals surface area contributed by atoms with Crippen molar-refractivity contribution in [2.24, 2.45) is 0 Å². The third-order valence-corrected chi connectivity index (χ3v) is 2.17. The first-order valence-corrected chi connectivity index (χ1v) is 4.91. The number of hydrogen-bond donors (Lipinski definition) is 0. The largest absolute Gasteiger partial charge is 0.290 e. The fraction of sp³-hybridized carbons (Fsp3) is 0.0833. The lowest BCUT2D eigenvalue weighted by Gasteiger charge is -2.01. The van der Waals surface area contributed by atoms with Gasteiger partial charge in [-0.3, -0.25) is 4.79 Å². The molecule has 0 aliphatic rings. The second kappa shape index (κ2) is 4.78. The van der Waals surface area contributed by atoms with E-state index in [4.69, 9.17) is 0 Å². The second-order valence-corrected chi connectivity index (χ2v) is 3.41. The Labute approximate surface area is 96.2 Å². The highest BCUT2D eigenvalue weighted by Gasteiger charge is 2.13. The minimum absolute atomic E-state index is 0.00227. The van der Waals surface area contributed by atoms with Gasteiger partial charge in [-0.2, -0.15) is 0 Å². The SMILES string of the molecule is O=C(Cc1cc(F)ccc1F)c1ncccn1. The van der Waals surface area contributed by atoms with Crippen LogP contribution < -0.4 is 0 Å². The summed E-state index contributed by atoms with van der Waals surface area (Å²) in [6.07, 6.45) is 2.58. The van der Waals surface area contributed by atoms with Gasteiger partial charge in [0, 0.05) is 18.8 Å². The highest BCUT2D eigenvalue weighted by atomic mass is 19.1. The Morgan fingerprint density at radius 1 is 1.18 bits per heavy atom. The van der Waals surface area contributed by atoms with Gasteiger partial charge in [0.25, 0.3) is 0 Å². The van der Waals surface area contributed by atoms with Crippen LogP contribution in [-0.2, 0) is 6.42 Å². The van der Waals surface area contributed by atoms with Gasteiger partial charge in [0.15, 0.2) is 5.82 Å². The zero-order chi connectivity index (χ0) is 12.3. The number of halogens is 2. The highest BCUT2D eigenvalue weighted by Crippen LogP contribution is 2.11. The zero-order valence-electron chi connectivity index (χ0n) is 8.73. The smallest absolute Gasteiger partial charge is 0.204 e. The normalized spacial score (nSPS) is 10.2. The van der Waals surface area contributed by atoms with Crippen molar-refractivity contribution in [1.29, 1.82) is 0 Å². The van der Waals surface area contributed by atoms with Crippen molar-refractivity contribution in [3.63, 3.8) is 0 Å². The molecular weight excluding hydrogens is 226 g/mol. The molecule has 0 saturated carbocycles. The average molecular weight is 234 g/mol. The van der Waals surface area contributed by atoms with Gasteiger partial charge in [-0.15, -0.1) is 0 Å². The lowest BCUT2D eigenvalue weighted by Crippen LogP contribution is -2.09. The van der Waals surface area contributed by atoms with Crippen LogP contribution in [0.4, 0.5) is 8.78 Å². The van der Waals surface area contributed by atoms with Crippen molar-refractivity contribution in [3.8, 4) is 0 Å². The van der Waals surface area contributed by atoms with E-state index >= 15 is 0 Å². The van der Waals surface area contributed by atoms with Gasteiger partial charge in [-0.1, -0.05) is 0 Å². The standard InChI is InChI=1S/C12H8F2N2O/c13-9-2-3-10(14)8(6-9)7-11(17)12-15-4-1-5-16-12/h1-6H,7H2. The average Bonchev–Trinajstić information content (AvgIpc) is 2.35. The van der Waals surface area contributed by atoms with Gasteiger partial charge in [0.05, 0.1) is 0 Å². The molecule has 2 aromatic rings. The molecule has 0 bridgehead atoms. The third-order valence-electron chi connectivity index (χ3n) is 2.17. The van der Waals surface area contributed by atoms with Crippen LogP contribution in [0.15, 0.2) is 36.7 Å². The maximum atomic E-state index is 13.3. The Bertz CT molecular complexity index is 543. The van der Waals surface area contributed by atoms with E-state index in [2.05, 4.69) is 9.97 Å². The molecule has 0 unspecified atom stereocenters. The number of benzene rings is 1. The Balaban J connectivity index is 2.22. The topological polar surface area (TPSA) is 42.9 Å². The fourth-order valence-electron chi connectivity index (χ4n) is 1.37. The van der Waals surface area contributed by atoms with E-state index in [0.717, 1.165) is 18.2 Å². The van der Waals surface area contributed by atoms with Crippen LogP contribution in [0, 0.1) is 11.6 Å². The van der Waals surface area contributed by atoms with Gasteiger partial charge < -0.3 is 0 Å². The molecular formula is C12H8F2N2O. The molecule has 0 amide bonds. The van der Waals surface area contributed by atoms with Crippen LogP contribution in [0.1, 0.15) is 16.2 Å². The lowest BCUT2D eigenvalue weighted by molar-refractivity contribution is 0.0982. The van der Waals surface area contributed by atoms with Crippen LogP contribution in [0.25, 0.3) is 0 Å². The van der Waals surface area contributed by atoms with E-state index in [9.17, 15) is 13.6 Å². The maximum Gasteiger partial charge on any atom is 0.204 e. The molecule has 1 aromatic carbocycles. The maximum absolute atomic E-state index is 13.3. The number of aromatic nitrogens is 2. The highest BCUT2D eigenvalue weighted by molar-refractivity contribution is 5.93. The first kappa shape index (κ1) is 11.3. The monoisotopic (exact) mass is 234 g/mol. The number of hydrogen-bond acceptors (Lipinski definition) is 3. The molecule has 5 heteroatoms. The summed E-state index contributed by atoms with van der Waals surface area (Å²) >= 11 is 0. The van der Waals surface area contributed by atoms with E-state index in [-0.39, 0.29) is 17.8 Å². The minimum Gasteiger partial charge on any atom is -0.290 e. The Morgan fingerprint density at radius 2 is 1.88 bits per heavy atom. The number of nitrogens with zero attached hydrogens (tertiary/aromatic N) is 2. The Kier molecular flexibility index (Phi) is 3.18. The summed E-state index contributed by atoms with van der Waals surface area (Å²) in [5, 5.41) is 0. The molecule has 0 radical (unpaired) electrons. The van der Waals surface area contributed by atoms with Crippen LogP contribution in [0.5, 0.6) is 0 Å². The summed E-state index contributed by atoms with van der Waals surface area (Å²) in [5.74, 6) is -1.65. The van der Waals surface area contributed by atoms with Gasteiger partial charge in [-0.25, -0.2) is 18.7 Å². The number of Topliss-reactive ketones (excluding diaryl/α,β-unsaturated/α-hetero) is 1. The van der Waals surface area contributed by atoms with Crippen molar-refractivity contribution >= 4 is 5.78 Å². The van der Waals surface area contributed by atoms with Crippen molar-refractivity contribution < 1.29 is 13.6 Å². The first-order valence-electron chi connectivity index (χ1n) is 4.91. The summed E-state index contributed by atoms with van der Waals surface area (Å²) in [7, 11) is 0. The van der Waals surface area contributed by atoms with E-state index in [1.54, 1.807) is 6.07 Å². The summed E-state index contributed by atoms with van der Waals surface area (Å²) in [5.41, 5.74) is 0.00227. The Hall–Kier alpha value is -2.17. The molecule has 3 nitrogen and oxygen atoms in total. The number of ketones is 1. The second-order valence-electron chi connectivity index (χ2n) is 3.41. The minimum atomic E-state index is -0.615. The molecule has 0 atom stereocenters.